The van der Waals surface area contributed by atoms with Crippen molar-refractivity contribution < 1.29 is 31.1 Å². The van der Waals surface area contributed by atoms with E-state index >= 15 is 0 Å². The number of urea groups is 1. The predicted octanol–water partition coefficient (Wildman–Crippen LogP) is 5.05. The van der Waals surface area contributed by atoms with Crippen LogP contribution in [0.15, 0.2) is 18.5 Å². The number of amides is 2. The molecule has 1 aliphatic rings. The highest BCUT2D eigenvalue weighted by atomic mass is 19.4. The number of fused-ring (bicyclic) bond motifs is 1. The van der Waals surface area contributed by atoms with Gasteiger partial charge in [-0.2, -0.15) is 31.4 Å². The van der Waals surface area contributed by atoms with E-state index in [9.17, 15) is 31.1 Å². The highest BCUT2D eigenvalue weighted by Gasteiger charge is 2.57. The van der Waals surface area contributed by atoms with Crippen LogP contribution in [0, 0.1) is 5.41 Å². The van der Waals surface area contributed by atoms with Crippen molar-refractivity contribution in [3.05, 3.63) is 29.7 Å². The zero-order valence-corrected chi connectivity index (χ0v) is 18.1. The maximum absolute atomic E-state index is 13.2. The van der Waals surface area contributed by atoms with E-state index in [1.807, 2.05) is 5.32 Å². The summed E-state index contributed by atoms with van der Waals surface area (Å²) in [5.41, 5.74) is -2.69. The summed E-state index contributed by atoms with van der Waals surface area (Å²) in [7, 11) is 0. The Morgan fingerprint density at radius 1 is 1.22 bits per heavy atom. The minimum absolute atomic E-state index is 0.0632. The fourth-order valence-electron chi connectivity index (χ4n) is 3.44. The molecule has 3 heterocycles. The van der Waals surface area contributed by atoms with Crippen molar-refractivity contribution >= 4 is 11.7 Å². The Labute approximate surface area is 181 Å². The Morgan fingerprint density at radius 2 is 1.88 bits per heavy atom. The van der Waals surface area contributed by atoms with Gasteiger partial charge in [-0.1, -0.05) is 20.8 Å². The fraction of sp³-hybridized carbons (Fsp3) is 0.650. The van der Waals surface area contributed by atoms with Gasteiger partial charge in [-0.25, -0.2) is 14.3 Å². The number of hydrogen-bond donors (Lipinski definition) is 1. The third-order valence-electron chi connectivity index (χ3n) is 6.05. The summed E-state index contributed by atoms with van der Waals surface area (Å²) in [6, 6.07) is 0.772. The molecule has 0 aromatic carbocycles. The van der Waals surface area contributed by atoms with Crippen molar-refractivity contribution in [2.45, 2.75) is 70.9 Å². The summed E-state index contributed by atoms with van der Waals surface area (Å²) in [5.74, 6) is -0.251. The average molecular weight is 465 g/mol. The summed E-state index contributed by atoms with van der Waals surface area (Å²) in [6.45, 7) is 4.41. The van der Waals surface area contributed by atoms with Crippen LogP contribution in [-0.4, -0.2) is 50.0 Å². The number of aromatic nitrogens is 3. The molecule has 2 aromatic rings. The van der Waals surface area contributed by atoms with Crippen molar-refractivity contribution in [3.8, 4) is 0 Å². The van der Waals surface area contributed by atoms with Gasteiger partial charge in [0.15, 0.2) is 11.2 Å². The van der Waals surface area contributed by atoms with E-state index in [-0.39, 0.29) is 25.3 Å². The smallest absolute Gasteiger partial charge is 0.322 e. The Kier molecular flexibility index (Phi) is 5.88. The maximum atomic E-state index is 13.2. The Hall–Kier alpha value is -2.53. The minimum Gasteiger partial charge on any atom is -0.322 e. The number of halogens is 6. The monoisotopic (exact) mass is 465 g/mol. The minimum atomic E-state index is -4.59. The normalized spacial score (nSPS) is 21.3. The molecule has 12 heteroatoms. The maximum Gasteiger partial charge on any atom is 0.413 e. The second kappa shape index (κ2) is 7.80. The molecule has 1 N–H and O–H groups in total. The van der Waals surface area contributed by atoms with E-state index in [0.29, 0.717) is 16.9 Å². The number of hydrogen-bond acceptors (Lipinski definition) is 3. The molecule has 2 atom stereocenters. The van der Waals surface area contributed by atoms with Gasteiger partial charge >= 0.3 is 18.4 Å². The van der Waals surface area contributed by atoms with E-state index < -0.39 is 35.9 Å². The summed E-state index contributed by atoms with van der Waals surface area (Å²) in [6.07, 6.45) is -5.64. The second-order valence-corrected chi connectivity index (χ2v) is 9.27. The molecule has 32 heavy (non-hydrogen) atoms. The molecule has 3 rings (SSSR count). The van der Waals surface area contributed by atoms with Crippen molar-refractivity contribution in [3.63, 3.8) is 0 Å². The molecular formula is C20H25F6N5O. The third-order valence-corrected chi connectivity index (χ3v) is 6.05. The first-order valence-electron chi connectivity index (χ1n) is 10.1. The number of rotatable bonds is 6. The Bertz CT molecular complexity index is 999. The first-order valence-corrected chi connectivity index (χ1v) is 10.1. The van der Waals surface area contributed by atoms with Crippen LogP contribution in [0.2, 0.25) is 0 Å². The quantitative estimate of drug-likeness (QED) is 0.608. The zero-order valence-electron chi connectivity index (χ0n) is 18.1. The van der Waals surface area contributed by atoms with Gasteiger partial charge in [-0.05, 0) is 31.4 Å². The highest BCUT2D eigenvalue weighted by molar-refractivity contribution is 5.78. The van der Waals surface area contributed by atoms with Crippen molar-refractivity contribution in [2.24, 2.45) is 5.41 Å². The number of nitrogens with zero attached hydrogens (tertiary/aromatic N) is 4. The zero-order chi connectivity index (χ0) is 24.1. The van der Waals surface area contributed by atoms with Gasteiger partial charge in [0.05, 0.1) is 30.0 Å². The first kappa shape index (κ1) is 24.1. The summed E-state index contributed by atoms with van der Waals surface area (Å²) in [5, 5.41) is 6.15. The molecule has 0 saturated carbocycles. The molecule has 1 saturated heterocycles. The second-order valence-electron chi connectivity index (χ2n) is 9.27. The molecule has 0 spiro atoms. The van der Waals surface area contributed by atoms with Gasteiger partial charge in [0.25, 0.3) is 0 Å². The van der Waals surface area contributed by atoms with Gasteiger partial charge in [-0.3, -0.25) is 0 Å². The van der Waals surface area contributed by atoms with Gasteiger partial charge in [-0.15, -0.1) is 0 Å². The van der Waals surface area contributed by atoms with Crippen LogP contribution >= 0.6 is 0 Å². The average Bonchev–Trinajstić information content (AvgIpc) is 3.19. The third kappa shape index (κ3) is 4.63. The van der Waals surface area contributed by atoms with Crippen LogP contribution in [0.4, 0.5) is 31.1 Å². The van der Waals surface area contributed by atoms with Crippen LogP contribution < -0.4 is 5.32 Å². The van der Waals surface area contributed by atoms with Gasteiger partial charge < -0.3 is 10.2 Å². The number of carbonyl (C=O) groups excluding carboxylic acids is 1. The summed E-state index contributed by atoms with van der Waals surface area (Å²) in [4.78, 5) is 17.5. The van der Waals surface area contributed by atoms with Crippen LogP contribution in [0.25, 0.3) is 5.65 Å². The van der Waals surface area contributed by atoms with Gasteiger partial charge in [0.2, 0.25) is 0 Å². The lowest BCUT2D eigenvalue weighted by Crippen LogP contribution is -2.53. The predicted molar refractivity (Wildman–Crippen MR) is 104 cm³/mol. The lowest BCUT2D eigenvalue weighted by atomic mass is 9.84. The van der Waals surface area contributed by atoms with Gasteiger partial charge in [0.1, 0.15) is 0 Å². The molecule has 0 radical (unpaired) electrons. The van der Waals surface area contributed by atoms with Crippen LogP contribution in [-0.2, 0) is 6.54 Å². The molecule has 0 bridgehead atoms. The first-order chi connectivity index (χ1) is 14.5. The molecule has 2 amide bonds. The van der Waals surface area contributed by atoms with Gasteiger partial charge in [0, 0.05) is 12.5 Å². The number of alkyl halides is 6. The number of nitrogens with one attached hydrogen (secondary N) is 1. The van der Waals surface area contributed by atoms with E-state index in [2.05, 4.69) is 10.1 Å². The fourth-order valence-corrected chi connectivity index (χ4v) is 3.44. The molecule has 1 aliphatic heterocycles. The SMILES string of the molecule is C[C@@H](CCC(C)(C)C(F)(F)F)c1cn2ncc(CN3C[C@@](C)(C(F)(F)F)NC3=O)cc2n1. The molecule has 178 valence electrons. The Balaban J connectivity index is 1.71. The molecule has 2 aromatic heterocycles. The summed E-state index contributed by atoms with van der Waals surface area (Å²) >= 11 is 0. The topological polar surface area (TPSA) is 62.5 Å². The van der Waals surface area contributed by atoms with E-state index in [0.717, 1.165) is 25.7 Å². The molecule has 0 unspecified atom stereocenters. The van der Waals surface area contributed by atoms with Crippen LogP contribution in [0.5, 0.6) is 0 Å². The molecule has 0 aliphatic carbocycles. The Morgan fingerprint density at radius 3 is 2.44 bits per heavy atom. The molecule has 6 nitrogen and oxygen atoms in total. The van der Waals surface area contributed by atoms with E-state index in [1.165, 1.54) is 10.7 Å². The lowest BCUT2D eigenvalue weighted by Gasteiger charge is -2.28. The number of carbonyl (C=O) groups is 1. The van der Waals surface area contributed by atoms with Crippen molar-refractivity contribution in [1.82, 2.24) is 24.8 Å². The molecular weight excluding hydrogens is 440 g/mol. The van der Waals surface area contributed by atoms with E-state index in [1.54, 1.807) is 19.2 Å². The van der Waals surface area contributed by atoms with Crippen molar-refractivity contribution in [2.75, 3.05) is 6.54 Å². The van der Waals surface area contributed by atoms with Crippen LogP contribution in [0.1, 0.15) is 57.7 Å². The summed E-state index contributed by atoms with van der Waals surface area (Å²) < 4.78 is 80.3. The van der Waals surface area contributed by atoms with Crippen molar-refractivity contribution in [1.29, 1.82) is 0 Å². The standard InChI is InChI=1S/C20H25F6N5O/c1-12(5-6-17(2,3)19(21,22)23)14-10-31-15(28-14)7-13(8-27-31)9-30-11-18(4,20(24,25)26)29-16(30)32/h7-8,10,12H,5-6,9,11H2,1-4H3,(H,29,32)/t12-,18-/m0/s1. The highest BCUT2D eigenvalue weighted by Crippen LogP contribution is 2.42. The molecule has 1 fully saturated rings. The number of imidazole rings is 1. The van der Waals surface area contributed by atoms with E-state index in [4.69, 9.17) is 0 Å². The van der Waals surface area contributed by atoms with Crippen LogP contribution in [0.3, 0.4) is 0 Å². The largest absolute Gasteiger partial charge is 0.413 e. The lowest BCUT2D eigenvalue weighted by molar-refractivity contribution is -0.214.